The van der Waals surface area contributed by atoms with Crippen molar-refractivity contribution in [2.24, 2.45) is 0 Å². The van der Waals surface area contributed by atoms with Crippen molar-refractivity contribution in [3.05, 3.63) is 82.4 Å². The molecule has 1 amide bonds. The zero-order chi connectivity index (χ0) is 32.7. The molecule has 1 atom stereocenters. The number of nitrogens with one attached hydrogen (secondary N) is 1. The van der Waals surface area contributed by atoms with Gasteiger partial charge in [-0.1, -0.05) is 19.1 Å². The number of benzene rings is 1. The predicted molar refractivity (Wildman–Crippen MR) is 171 cm³/mol. The van der Waals surface area contributed by atoms with Gasteiger partial charge in [-0.25, -0.2) is 13.8 Å². The molecule has 0 spiro atoms. The summed E-state index contributed by atoms with van der Waals surface area (Å²) in [7, 11) is 2.07. The van der Waals surface area contributed by atoms with Gasteiger partial charge in [-0.15, -0.1) is 0 Å². The van der Waals surface area contributed by atoms with E-state index in [2.05, 4.69) is 33.7 Å². The molecule has 0 saturated carbocycles. The van der Waals surface area contributed by atoms with Crippen molar-refractivity contribution in [1.29, 1.82) is 0 Å². The van der Waals surface area contributed by atoms with E-state index < -0.39 is 12.0 Å². The van der Waals surface area contributed by atoms with E-state index >= 15 is 0 Å². The molecular formula is C35H40F2N6O4. The predicted octanol–water partition coefficient (Wildman–Crippen LogP) is 4.73. The number of piperazine rings is 1. The van der Waals surface area contributed by atoms with E-state index in [0.29, 0.717) is 53.6 Å². The molecule has 3 aliphatic heterocycles. The molecule has 6 heterocycles. The summed E-state index contributed by atoms with van der Waals surface area (Å²) in [5.41, 5.74) is 3.19. The minimum absolute atomic E-state index is 0.00517. The van der Waals surface area contributed by atoms with Gasteiger partial charge in [0.25, 0.3) is 6.43 Å². The van der Waals surface area contributed by atoms with Gasteiger partial charge in [0.05, 0.1) is 42.6 Å². The number of aliphatic hydroxyl groups is 1. The number of ether oxygens (including phenoxy) is 2. The second-order valence-electron chi connectivity index (χ2n) is 13.1. The van der Waals surface area contributed by atoms with Crippen molar-refractivity contribution < 1.29 is 28.2 Å². The van der Waals surface area contributed by atoms with Crippen LogP contribution in [0.3, 0.4) is 0 Å². The van der Waals surface area contributed by atoms with Crippen LogP contribution in [-0.2, 0) is 34.6 Å². The molecule has 0 radical (unpaired) electrons. The summed E-state index contributed by atoms with van der Waals surface area (Å²) in [5.74, 6) is 1.02. The van der Waals surface area contributed by atoms with Crippen LogP contribution < -0.4 is 4.74 Å². The van der Waals surface area contributed by atoms with Crippen LogP contribution in [0.4, 0.5) is 8.78 Å². The van der Waals surface area contributed by atoms with E-state index in [9.17, 15) is 18.7 Å². The number of carbonyl (C=O) groups is 1. The normalized spacial score (nSPS) is 20.0. The third-order valence-electron chi connectivity index (χ3n) is 9.70. The molecule has 2 saturated heterocycles. The number of fused-ring (bicyclic) bond motifs is 2. The van der Waals surface area contributed by atoms with Gasteiger partial charge in [-0.05, 0) is 54.4 Å². The van der Waals surface area contributed by atoms with Gasteiger partial charge < -0.3 is 29.4 Å². The number of hydrogen-bond donors (Lipinski definition) is 2. The Morgan fingerprint density at radius 2 is 1.96 bits per heavy atom. The molecule has 248 valence electrons. The minimum atomic E-state index is -2.61. The maximum atomic E-state index is 14.2. The Labute approximate surface area is 272 Å². The van der Waals surface area contributed by atoms with E-state index in [1.165, 1.54) is 6.07 Å². The maximum absolute atomic E-state index is 14.2. The zero-order valence-corrected chi connectivity index (χ0v) is 26.7. The fourth-order valence-electron chi connectivity index (χ4n) is 6.74. The first kappa shape index (κ1) is 31.6. The van der Waals surface area contributed by atoms with E-state index in [4.69, 9.17) is 14.5 Å². The number of nitrogens with zero attached hydrogens (tertiary/aromatic N) is 5. The number of aromatic nitrogens is 3. The molecule has 2 N–H and O–H groups in total. The quantitative estimate of drug-likeness (QED) is 0.269. The molecule has 1 aromatic carbocycles. The number of H-pyrrole nitrogens is 1. The largest absolute Gasteiger partial charge is 0.455 e. The Balaban J connectivity index is 1.07. The summed E-state index contributed by atoms with van der Waals surface area (Å²) in [4.78, 5) is 32.2. The van der Waals surface area contributed by atoms with E-state index in [1.54, 1.807) is 29.4 Å². The Kier molecular flexibility index (Phi) is 8.69. The van der Waals surface area contributed by atoms with Crippen molar-refractivity contribution in [2.75, 3.05) is 53.0 Å². The summed E-state index contributed by atoms with van der Waals surface area (Å²) >= 11 is 0. The zero-order valence-electron chi connectivity index (χ0n) is 26.7. The van der Waals surface area contributed by atoms with Crippen LogP contribution in [0.2, 0.25) is 0 Å². The summed E-state index contributed by atoms with van der Waals surface area (Å²) in [6.07, 6.45) is 1.56. The van der Waals surface area contributed by atoms with Crippen molar-refractivity contribution in [3.8, 4) is 11.5 Å². The molecule has 0 unspecified atom stereocenters. The molecule has 7 rings (SSSR count). The monoisotopic (exact) mass is 646 g/mol. The lowest BCUT2D eigenvalue weighted by Gasteiger charge is -2.35. The van der Waals surface area contributed by atoms with Crippen LogP contribution in [-0.4, -0.2) is 93.7 Å². The lowest BCUT2D eigenvalue weighted by molar-refractivity contribution is -0.186. The molecule has 12 heteroatoms. The summed E-state index contributed by atoms with van der Waals surface area (Å²) in [6, 6.07) is 10.6. The lowest BCUT2D eigenvalue weighted by atomic mass is 9.92. The average molecular weight is 647 g/mol. The van der Waals surface area contributed by atoms with Crippen LogP contribution in [0.15, 0.2) is 48.8 Å². The molecule has 2 fully saturated rings. The van der Waals surface area contributed by atoms with E-state index in [0.717, 1.165) is 49.2 Å². The van der Waals surface area contributed by atoms with Crippen molar-refractivity contribution in [3.63, 3.8) is 0 Å². The van der Waals surface area contributed by atoms with Gasteiger partial charge in [0.2, 0.25) is 5.91 Å². The summed E-state index contributed by atoms with van der Waals surface area (Å²) in [5, 5.41) is 11.4. The summed E-state index contributed by atoms with van der Waals surface area (Å²) in [6.45, 7) is 7.37. The van der Waals surface area contributed by atoms with Gasteiger partial charge in [-0.2, -0.15) is 0 Å². The highest BCUT2D eigenvalue weighted by atomic mass is 19.3. The van der Waals surface area contributed by atoms with E-state index in [1.807, 2.05) is 18.2 Å². The number of amides is 1. The Morgan fingerprint density at radius 3 is 2.68 bits per heavy atom. The third-order valence-corrected chi connectivity index (χ3v) is 9.70. The van der Waals surface area contributed by atoms with Gasteiger partial charge >= 0.3 is 0 Å². The molecule has 47 heavy (non-hydrogen) atoms. The fourth-order valence-corrected chi connectivity index (χ4v) is 6.74. The van der Waals surface area contributed by atoms with Gasteiger partial charge in [0, 0.05) is 63.5 Å². The van der Waals surface area contributed by atoms with Crippen molar-refractivity contribution in [1.82, 2.24) is 29.7 Å². The minimum Gasteiger partial charge on any atom is -0.455 e. The highest BCUT2D eigenvalue weighted by molar-refractivity contribution is 5.84. The van der Waals surface area contributed by atoms with E-state index in [-0.39, 0.29) is 37.0 Å². The average Bonchev–Trinajstić information content (AvgIpc) is 3.50. The smallest absolute Gasteiger partial charge is 0.264 e. The fraction of sp³-hybridized carbons (Fsp3) is 0.457. The van der Waals surface area contributed by atoms with Crippen LogP contribution in [0, 0.1) is 0 Å². The number of halogens is 2. The molecule has 3 aliphatic rings. The number of alkyl halides is 2. The van der Waals surface area contributed by atoms with Crippen LogP contribution in [0.25, 0.3) is 11.0 Å². The maximum Gasteiger partial charge on any atom is 0.264 e. The number of pyridine rings is 2. The number of carbonyl (C=O) groups excluding carboxylic acids is 1. The van der Waals surface area contributed by atoms with Crippen LogP contribution in [0.5, 0.6) is 11.5 Å². The Morgan fingerprint density at radius 1 is 1.15 bits per heavy atom. The second-order valence-corrected chi connectivity index (χ2v) is 13.1. The summed E-state index contributed by atoms with van der Waals surface area (Å²) < 4.78 is 39.8. The molecule has 4 aromatic rings. The number of rotatable bonds is 9. The highest BCUT2D eigenvalue weighted by Crippen LogP contribution is 2.37. The SMILES string of the molecule is CC[C@H]1CN(C(=O)Cc2ccc(CN3CCN(C)CC3)c(C(F)F)c2)Cc2cc(Oc3ccnc4[nH]c(C5(O)COC5)cc34)cnc21. The number of aromatic amines is 1. The van der Waals surface area contributed by atoms with Gasteiger partial charge in [0.1, 0.15) is 17.1 Å². The standard InChI is InChI=1S/C35H40F2N6O4/c1-3-23-18-43(31(44)13-22-4-5-24(27(12-22)33(36)37)17-42-10-8-41(2)9-11-42)19-25-14-26(16-39-32(23)25)47-29-6-7-38-34-28(29)15-30(40-34)35(45)20-46-21-35/h4-7,12,14-16,23,33,45H,3,8-11,13,17-21H2,1-2H3,(H,38,40)/t23-/m0/s1. The molecule has 0 bridgehead atoms. The van der Waals surface area contributed by atoms with Crippen molar-refractivity contribution in [2.45, 2.75) is 50.8 Å². The van der Waals surface area contributed by atoms with Gasteiger partial charge in [0.15, 0.2) is 5.60 Å². The highest BCUT2D eigenvalue weighted by Gasteiger charge is 2.40. The molecular weight excluding hydrogens is 606 g/mol. The Bertz CT molecular complexity index is 1770. The Hall–Kier alpha value is -3.97. The second kappa shape index (κ2) is 12.9. The molecule has 10 nitrogen and oxygen atoms in total. The number of likely N-dealkylation sites (N-methyl/N-ethyl adjacent to an activating group) is 1. The first-order valence-electron chi connectivity index (χ1n) is 16.2. The number of hydrogen-bond acceptors (Lipinski definition) is 8. The van der Waals surface area contributed by atoms with Crippen LogP contribution >= 0.6 is 0 Å². The first-order valence-corrected chi connectivity index (χ1v) is 16.2. The first-order chi connectivity index (χ1) is 22.7. The van der Waals surface area contributed by atoms with Crippen LogP contribution in [0.1, 0.15) is 59.3 Å². The molecule has 0 aliphatic carbocycles. The van der Waals surface area contributed by atoms with Gasteiger partial charge in [-0.3, -0.25) is 14.7 Å². The topological polar surface area (TPSA) is 107 Å². The molecule has 3 aromatic heterocycles. The van der Waals surface area contributed by atoms with Crippen molar-refractivity contribution >= 4 is 16.9 Å². The third kappa shape index (κ3) is 6.47. The lowest BCUT2D eigenvalue weighted by Crippen LogP contribution is -2.46.